The van der Waals surface area contributed by atoms with Crippen molar-refractivity contribution in [2.24, 2.45) is 0 Å². The number of carboxylic acids is 1. The maximum atomic E-state index is 10.6. The first-order chi connectivity index (χ1) is 7.88. The number of rotatable bonds is 6. The van der Waals surface area contributed by atoms with Crippen molar-refractivity contribution in [2.75, 3.05) is 20.3 Å². The molecule has 0 aromatic rings. The normalized spacial score (nSPS) is 10.3. The Kier molecular flexibility index (Phi) is 11.0. The van der Waals surface area contributed by atoms with Gasteiger partial charge in [0.05, 0.1) is 13.7 Å². The first-order valence-electron chi connectivity index (χ1n) is 4.43. The van der Waals surface area contributed by atoms with Crippen molar-refractivity contribution < 1.29 is 34.4 Å². The topological polar surface area (TPSA) is 113 Å². The maximum absolute atomic E-state index is 10.6. The van der Waals surface area contributed by atoms with E-state index in [0.29, 0.717) is 0 Å². The van der Waals surface area contributed by atoms with Crippen LogP contribution < -0.4 is 0 Å². The average Bonchev–Trinajstić information content (AvgIpc) is 2.34. The molecule has 0 aliphatic rings. The molecule has 0 heterocycles. The van der Waals surface area contributed by atoms with Crippen molar-refractivity contribution in [3.8, 4) is 0 Å². The van der Waals surface area contributed by atoms with Crippen LogP contribution in [0.4, 0.5) is 0 Å². The fourth-order valence-electron chi connectivity index (χ4n) is 0.422. The number of hydrogen-bond donors (Lipinski definition) is 3. The van der Waals surface area contributed by atoms with Gasteiger partial charge in [0.25, 0.3) is 0 Å². The van der Waals surface area contributed by atoms with Gasteiger partial charge in [-0.05, 0) is 6.58 Å². The minimum absolute atomic E-state index is 0.176. The average molecular weight is 248 g/mol. The summed E-state index contributed by atoms with van der Waals surface area (Å²) in [5.74, 6) is -1.87. The monoisotopic (exact) mass is 248 g/mol. The maximum Gasteiger partial charge on any atom is 0.372 e. The van der Waals surface area contributed by atoms with Gasteiger partial charge in [0.15, 0.2) is 5.76 Å². The Morgan fingerprint density at radius 1 is 1.47 bits per heavy atom. The summed E-state index contributed by atoms with van der Waals surface area (Å²) in [6.45, 7) is 5.60. The van der Waals surface area contributed by atoms with Crippen LogP contribution >= 0.6 is 0 Å². The van der Waals surface area contributed by atoms with Crippen LogP contribution in [0, 0.1) is 0 Å². The minimum Gasteiger partial charge on any atom is -0.484 e. The standard InChI is InChI=1S/C7H12O5.C3H4O2/c1-5(7(10)11-2)12-4-6(9)3-8;1-2-3(4)5/h6,8-9H,1,3-4H2,2H3;2H,1H2,(H,4,5). The van der Waals surface area contributed by atoms with E-state index in [4.69, 9.17) is 15.3 Å². The molecular formula is C10H16O7. The Morgan fingerprint density at radius 2 is 1.94 bits per heavy atom. The molecular weight excluding hydrogens is 232 g/mol. The molecule has 0 aromatic heterocycles. The molecule has 17 heavy (non-hydrogen) atoms. The van der Waals surface area contributed by atoms with E-state index < -0.39 is 24.6 Å². The van der Waals surface area contributed by atoms with Gasteiger partial charge in [-0.3, -0.25) is 0 Å². The number of aliphatic hydroxyl groups is 2. The van der Waals surface area contributed by atoms with E-state index in [9.17, 15) is 9.59 Å². The molecule has 0 saturated heterocycles. The number of carboxylic acid groups (broad SMARTS) is 1. The zero-order valence-electron chi connectivity index (χ0n) is 9.46. The molecule has 98 valence electrons. The summed E-state index contributed by atoms with van der Waals surface area (Å²) in [6, 6.07) is 0. The van der Waals surface area contributed by atoms with Gasteiger partial charge in [-0.2, -0.15) is 0 Å². The Balaban J connectivity index is 0. The van der Waals surface area contributed by atoms with Gasteiger partial charge < -0.3 is 24.8 Å². The molecule has 7 heteroatoms. The van der Waals surface area contributed by atoms with E-state index >= 15 is 0 Å². The molecule has 0 aromatic carbocycles. The summed E-state index contributed by atoms with van der Waals surface area (Å²) in [5.41, 5.74) is 0. The number of aliphatic hydroxyl groups excluding tert-OH is 2. The van der Waals surface area contributed by atoms with Crippen LogP contribution in [0.2, 0.25) is 0 Å². The fourth-order valence-corrected chi connectivity index (χ4v) is 0.422. The summed E-state index contributed by atoms with van der Waals surface area (Å²) in [4.78, 5) is 19.9. The molecule has 0 radical (unpaired) electrons. The highest BCUT2D eigenvalue weighted by molar-refractivity contribution is 5.85. The van der Waals surface area contributed by atoms with E-state index in [1.54, 1.807) is 0 Å². The molecule has 7 nitrogen and oxygen atoms in total. The summed E-state index contributed by atoms with van der Waals surface area (Å²) in [6.07, 6.45) is -0.175. The molecule has 0 bridgehead atoms. The van der Waals surface area contributed by atoms with Crippen molar-refractivity contribution in [3.63, 3.8) is 0 Å². The van der Waals surface area contributed by atoms with Crippen molar-refractivity contribution in [2.45, 2.75) is 6.10 Å². The molecule has 0 amide bonds. The Bertz CT molecular complexity index is 272. The van der Waals surface area contributed by atoms with E-state index in [1.807, 2.05) is 0 Å². The second-order valence-corrected chi connectivity index (χ2v) is 2.60. The van der Waals surface area contributed by atoms with Gasteiger partial charge >= 0.3 is 11.9 Å². The lowest BCUT2D eigenvalue weighted by atomic mass is 10.4. The molecule has 0 spiro atoms. The van der Waals surface area contributed by atoms with Gasteiger partial charge in [-0.25, -0.2) is 9.59 Å². The van der Waals surface area contributed by atoms with E-state index in [-0.39, 0.29) is 12.4 Å². The predicted molar refractivity (Wildman–Crippen MR) is 58.0 cm³/mol. The van der Waals surface area contributed by atoms with Crippen molar-refractivity contribution >= 4 is 11.9 Å². The predicted octanol–water partition coefficient (Wildman–Crippen LogP) is -0.700. The van der Waals surface area contributed by atoms with Crippen LogP contribution in [0.1, 0.15) is 0 Å². The molecule has 3 N–H and O–H groups in total. The molecule has 0 saturated carbocycles. The van der Waals surface area contributed by atoms with Crippen LogP contribution in [-0.2, 0) is 19.1 Å². The number of esters is 1. The lowest BCUT2D eigenvalue weighted by Gasteiger charge is -2.09. The first-order valence-corrected chi connectivity index (χ1v) is 4.43. The number of aliphatic carboxylic acids is 1. The van der Waals surface area contributed by atoms with Crippen LogP contribution in [0.25, 0.3) is 0 Å². The fraction of sp³-hybridized carbons (Fsp3) is 0.400. The number of carbonyl (C=O) groups excluding carboxylic acids is 1. The SMILES string of the molecule is C=C(OCC(O)CO)C(=O)OC.C=CC(=O)O. The Labute approximate surface area is 98.6 Å². The third kappa shape index (κ3) is 12.1. The molecule has 0 rings (SSSR count). The number of carbonyl (C=O) groups is 2. The third-order valence-corrected chi connectivity index (χ3v) is 1.25. The number of hydrogen-bond acceptors (Lipinski definition) is 6. The lowest BCUT2D eigenvalue weighted by molar-refractivity contribution is -0.140. The Hall–Kier alpha value is -1.86. The number of methoxy groups -OCH3 is 1. The van der Waals surface area contributed by atoms with Gasteiger partial charge in [0.2, 0.25) is 0 Å². The number of ether oxygens (including phenoxy) is 2. The minimum atomic E-state index is -1.01. The van der Waals surface area contributed by atoms with Gasteiger partial charge in [-0.1, -0.05) is 6.58 Å². The molecule has 1 unspecified atom stereocenters. The van der Waals surface area contributed by atoms with Crippen LogP contribution in [0.3, 0.4) is 0 Å². The largest absolute Gasteiger partial charge is 0.484 e. The zero-order valence-corrected chi connectivity index (χ0v) is 9.46. The highest BCUT2D eigenvalue weighted by Crippen LogP contribution is 1.97. The summed E-state index contributed by atoms with van der Waals surface area (Å²) >= 11 is 0. The third-order valence-electron chi connectivity index (χ3n) is 1.25. The highest BCUT2D eigenvalue weighted by Gasteiger charge is 2.09. The second-order valence-electron chi connectivity index (χ2n) is 2.60. The molecule has 0 fully saturated rings. The second kappa shape index (κ2) is 10.7. The molecule has 0 aliphatic heterocycles. The van der Waals surface area contributed by atoms with Crippen molar-refractivity contribution in [1.29, 1.82) is 0 Å². The van der Waals surface area contributed by atoms with Crippen molar-refractivity contribution in [3.05, 3.63) is 25.0 Å². The summed E-state index contributed by atoms with van der Waals surface area (Å²) in [7, 11) is 1.19. The molecule has 1 atom stereocenters. The zero-order chi connectivity index (χ0) is 13.8. The molecule has 0 aliphatic carbocycles. The lowest BCUT2D eigenvalue weighted by Crippen LogP contribution is -2.21. The quantitative estimate of drug-likeness (QED) is 0.323. The van der Waals surface area contributed by atoms with E-state index in [1.165, 1.54) is 7.11 Å². The van der Waals surface area contributed by atoms with Crippen molar-refractivity contribution in [1.82, 2.24) is 0 Å². The van der Waals surface area contributed by atoms with Gasteiger partial charge in [0.1, 0.15) is 12.7 Å². The van der Waals surface area contributed by atoms with Gasteiger partial charge in [-0.15, -0.1) is 0 Å². The summed E-state index contributed by atoms with van der Waals surface area (Å²) in [5, 5.41) is 24.8. The van der Waals surface area contributed by atoms with Gasteiger partial charge in [0, 0.05) is 6.08 Å². The van der Waals surface area contributed by atoms with Crippen LogP contribution in [-0.4, -0.2) is 53.7 Å². The first kappa shape index (κ1) is 17.5. The smallest absolute Gasteiger partial charge is 0.372 e. The van der Waals surface area contributed by atoms with E-state index in [0.717, 1.165) is 6.08 Å². The summed E-state index contributed by atoms with van der Waals surface area (Å²) < 4.78 is 8.94. The Morgan fingerprint density at radius 3 is 2.24 bits per heavy atom. The van der Waals surface area contributed by atoms with Crippen LogP contribution in [0.5, 0.6) is 0 Å². The van der Waals surface area contributed by atoms with Crippen LogP contribution in [0.15, 0.2) is 25.0 Å². The van der Waals surface area contributed by atoms with E-state index in [2.05, 4.69) is 22.6 Å². The highest BCUT2D eigenvalue weighted by atomic mass is 16.6.